The lowest BCUT2D eigenvalue weighted by Gasteiger charge is -2.27. The molecule has 1 aliphatic rings. The van der Waals surface area contributed by atoms with Crippen molar-refractivity contribution >= 4 is 61.9 Å². The van der Waals surface area contributed by atoms with Gasteiger partial charge in [0.05, 0.1) is 39.9 Å². The minimum absolute atomic E-state index is 0.218. The number of halogens is 1. The second kappa shape index (κ2) is 5.39. The van der Waals surface area contributed by atoms with Gasteiger partial charge >= 0.3 is 0 Å². The molecule has 0 radical (unpaired) electrons. The monoisotopic (exact) mass is 440 g/mol. The summed E-state index contributed by atoms with van der Waals surface area (Å²) < 4.78 is 8.60. The van der Waals surface area contributed by atoms with Crippen LogP contribution in [0.3, 0.4) is 0 Å². The topological polar surface area (TPSA) is 19.6 Å². The standard InChI is InChI=1S/C21H17IN2O/c1-13-11-12-16-15-7-3-6-10-19(15)25-21(16)20(13)23-14(2)24(22)18-9-5-4-8-17(18)23/h3-12,14H,1-2H3/t14-/m0/s1. The number of para-hydroxylation sites is 3. The molecule has 2 heterocycles. The molecule has 5 rings (SSSR count). The molecule has 124 valence electrons. The summed E-state index contributed by atoms with van der Waals surface area (Å²) in [6.45, 7) is 4.39. The molecule has 1 aliphatic heterocycles. The smallest absolute Gasteiger partial charge is 0.159 e. The second-order valence-electron chi connectivity index (χ2n) is 6.51. The van der Waals surface area contributed by atoms with Crippen LogP contribution in [0.25, 0.3) is 21.9 Å². The van der Waals surface area contributed by atoms with Crippen molar-refractivity contribution in [3.63, 3.8) is 0 Å². The molecule has 0 fully saturated rings. The Balaban J connectivity index is 1.85. The molecule has 0 bridgehead atoms. The van der Waals surface area contributed by atoms with Crippen LogP contribution in [0.4, 0.5) is 17.1 Å². The maximum Gasteiger partial charge on any atom is 0.159 e. The highest BCUT2D eigenvalue weighted by atomic mass is 127. The summed E-state index contributed by atoms with van der Waals surface area (Å²) in [7, 11) is 0. The first-order valence-electron chi connectivity index (χ1n) is 8.41. The van der Waals surface area contributed by atoms with E-state index < -0.39 is 0 Å². The lowest BCUT2D eigenvalue weighted by atomic mass is 10.1. The van der Waals surface area contributed by atoms with Crippen LogP contribution in [-0.2, 0) is 0 Å². The lowest BCUT2D eigenvalue weighted by Crippen LogP contribution is -2.32. The Morgan fingerprint density at radius 3 is 2.44 bits per heavy atom. The Morgan fingerprint density at radius 2 is 1.60 bits per heavy atom. The molecule has 0 amide bonds. The highest BCUT2D eigenvalue weighted by Gasteiger charge is 2.34. The van der Waals surface area contributed by atoms with Crippen molar-refractivity contribution in [3.05, 3.63) is 66.2 Å². The Morgan fingerprint density at radius 1 is 0.880 bits per heavy atom. The van der Waals surface area contributed by atoms with E-state index in [1.54, 1.807) is 0 Å². The van der Waals surface area contributed by atoms with Gasteiger partial charge in [0.1, 0.15) is 11.7 Å². The van der Waals surface area contributed by atoms with Gasteiger partial charge in [-0.3, -0.25) is 3.11 Å². The molecule has 4 heteroatoms. The maximum atomic E-state index is 6.31. The zero-order valence-electron chi connectivity index (χ0n) is 14.0. The highest BCUT2D eigenvalue weighted by molar-refractivity contribution is 14.1. The van der Waals surface area contributed by atoms with E-state index in [1.807, 2.05) is 12.1 Å². The summed E-state index contributed by atoms with van der Waals surface area (Å²) >= 11 is 2.40. The van der Waals surface area contributed by atoms with Crippen LogP contribution in [0, 0.1) is 6.92 Å². The largest absolute Gasteiger partial charge is 0.454 e. The molecule has 0 aliphatic carbocycles. The van der Waals surface area contributed by atoms with E-state index >= 15 is 0 Å². The predicted molar refractivity (Wildman–Crippen MR) is 113 cm³/mol. The van der Waals surface area contributed by atoms with E-state index in [-0.39, 0.29) is 6.17 Å². The minimum atomic E-state index is 0.218. The van der Waals surface area contributed by atoms with E-state index in [0.717, 1.165) is 16.9 Å². The normalized spacial score (nSPS) is 16.8. The minimum Gasteiger partial charge on any atom is -0.454 e. The molecule has 3 nitrogen and oxygen atoms in total. The Kier molecular flexibility index (Phi) is 3.25. The van der Waals surface area contributed by atoms with Crippen molar-refractivity contribution in [2.45, 2.75) is 20.0 Å². The molecular formula is C21H17IN2O. The van der Waals surface area contributed by atoms with E-state index in [2.05, 4.69) is 93.3 Å². The van der Waals surface area contributed by atoms with Crippen molar-refractivity contribution in [1.29, 1.82) is 0 Å². The van der Waals surface area contributed by atoms with Crippen LogP contribution in [0.5, 0.6) is 0 Å². The first kappa shape index (κ1) is 15.1. The first-order chi connectivity index (χ1) is 12.2. The number of furan rings is 1. The molecule has 4 aromatic rings. The predicted octanol–water partition coefficient (Wildman–Crippen LogP) is 6.55. The molecule has 0 spiro atoms. The van der Waals surface area contributed by atoms with E-state index in [4.69, 9.17) is 4.42 Å². The Hall–Kier alpha value is -2.21. The van der Waals surface area contributed by atoms with Gasteiger partial charge < -0.3 is 9.32 Å². The summed E-state index contributed by atoms with van der Waals surface area (Å²) in [4.78, 5) is 2.39. The van der Waals surface area contributed by atoms with Crippen LogP contribution in [0.2, 0.25) is 0 Å². The van der Waals surface area contributed by atoms with Crippen LogP contribution in [-0.4, -0.2) is 6.17 Å². The van der Waals surface area contributed by atoms with E-state index in [0.29, 0.717) is 0 Å². The summed E-state index contributed by atoms with van der Waals surface area (Å²) in [5.74, 6) is 0. The van der Waals surface area contributed by atoms with Crippen molar-refractivity contribution in [3.8, 4) is 0 Å². The van der Waals surface area contributed by atoms with Gasteiger partial charge in [0.15, 0.2) is 5.58 Å². The number of aryl methyl sites for hydroxylation is 1. The van der Waals surface area contributed by atoms with E-state index in [1.165, 1.54) is 27.7 Å². The van der Waals surface area contributed by atoms with Gasteiger partial charge in [0.2, 0.25) is 0 Å². The quantitative estimate of drug-likeness (QED) is 0.247. The third kappa shape index (κ3) is 2.03. The van der Waals surface area contributed by atoms with Crippen LogP contribution >= 0.6 is 22.9 Å². The first-order valence-corrected chi connectivity index (χ1v) is 9.37. The molecule has 0 unspecified atom stereocenters. The highest BCUT2D eigenvalue weighted by Crippen LogP contribution is 2.49. The van der Waals surface area contributed by atoms with Gasteiger partial charge in [0, 0.05) is 10.8 Å². The van der Waals surface area contributed by atoms with Crippen molar-refractivity contribution in [1.82, 2.24) is 0 Å². The number of anilines is 3. The maximum absolute atomic E-state index is 6.31. The van der Waals surface area contributed by atoms with Crippen molar-refractivity contribution in [2.24, 2.45) is 0 Å². The molecule has 0 saturated carbocycles. The third-order valence-corrected chi connectivity index (χ3v) is 6.36. The number of rotatable bonds is 1. The number of nitrogens with zero attached hydrogens (tertiary/aromatic N) is 2. The van der Waals surface area contributed by atoms with Gasteiger partial charge in [-0.15, -0.1) is 0 Å². The van der Waals surface area contributed by atoms with Crippen LogP contribution in [0.1, 0.15) is 12.5 Å². The SMILES string of the molecule is Cc1ccc2c(oc3ccccc32)c1N1c2ccccc2N(I)[C@H]1C. The van der Waals surface area contributed by atoms with Gasteiger partial charge in [-0.05, 0) is 37.6 Å². The molecular weight excluding hydrogens is 423 g/mol. The molecule has 1 aromatic heterocycles. The third-order valence-electron chi connectivity index (χ3n) is 5.04. The van der Waals surface area contributed by atoms with Gasteiger partial charge in [0.25, 0.3) is 0 Å². The fraction of sp³-hybridized carbons (Fsp3) is 0.143. The zero-order chi connectivity index (χ0) is 17.1. The lowest BCUT2D eigenvalue weighted by molar-refractivity contribution is 0.664. The molecule has 25 heavy (non-hydrogen) atoms. The molecule has 1 atom stereocenters. The Labute approximate surface area is 160 Å². The molecule has 3 aromatic carbocycles. The van der Waals surface area contributed by atoms with E-state index in [9.17, 15) is 0 Å². The van der Waals surface area contributed by atoms with Crippen molar-refractivity contribution < 1.29 is 4.42 Å². The summed E-state index contributed by atoms with van der Waals surface area (Å²) in [6.07, 6.45) is 0.218. The number of fused-ring (bicyclic) bond motifs is 4. The summed E-state index contributed by atoms with van der Waals surface area (Å²) in [5.41, 5.74) is 6.75. The molecule has 0 N–H and O–H groups in total. The average Bonchev–Trinajstić information content (AvgIpc) is 3.12. The average molecular weight is 440 g/mol. The summed E-state index contributed by atoms with van der Waals surface area (Å²) in [5, 5.41) is 2.35. The fourth-order valence-electron chi connectivity index (χ4n) is 3.83. The van der Waals surface area contributed by atoms with Gasteiger partial charge in [-0.1, -0.05) is 42.5 Å². The van der Waals surface area contributed by atoms with Crippen molar-refractivity contribution in [2.75, 3.05) is 8.01 Å². The molecule has 0 saturated heterocycles. The Bertz CT molecular complexity index is 1120. The van der Waals surface area contributed by atoms with Gasteiger partial charge in [-0.2, -0.15) is 0 Å². The summed E-state index contributed by atoms with van der Waals surface area (Å²) in [6, 6.07) is 21.2. The second-order valence-corrected chi connectivity index (χ2v) is 7.55. The fourth-order valence-corrected chi connectivity index (χ4v) is 4.49. The van der Waals surface area contributed by atoms with Gasteiger partial charge in [-0.25, -0.2) is 0 Å². The van der Waals surface area contributed by atoms with Crippen LogP contribution < -0.4 is 8.01 Å². The number of hydrogen-bond acceptors (Lipinski definition) is 3. The zero-order valence-corrected chi connectivity index (χ0v) is 16.2. The van der Waals surface area contributed by atoms with Crippen LogP contribution in [0.15, 0.2) is 65.1 Å². The number of benzene rings is 3. The number of hydrogen-bond donors (Lipinski definition) is 0.